The number of aromatic nitrogens is 1. The molecule has 0 saturated heterocycles. The van der Waals surface area contributed by atoms with Gasteiger partial charge in [0.15, 0.2) is 5.13 Å². The average Bonchev–Trinajstić information content (AvgIpc) is 2.75. The van der Waals surface area contributed by atoms with Gasteiger partial charge in [-0.1, -0.05) is 51.1 Å². The van der Waals surface area contributed by atoms with Gasteiger partial charge in [0.25, 0.3) is 0 Å². The molecule has 17 heavy (non-hydrogen) atoms. The molecule has 0 unspecified atom stereocenters. The first-order valence-corrected chi connectivity index (χ1v) is 6.67. The molecule has 0 aliphatic rings. The van der Waals surface area contributed by atoms with E-state index >= 15 is 0 Å². The fourth-order valence-corrected chi connectivity index (χ4v) is 2.16. The van der Waals surface area contributed by atoms with Gasteiger partial charge >= 0.3 is 0 Å². The number of nitrogens with one attached hydrogen (secondary N) is 1. The quantitative estimate of drug-likeness (QED) is 0.875. The Balaban J connectivity index is 2.07. The summed E-state index contributed by atoms with van der Waals surface area (Å²) in [6, 6.07) is 10.3. The van der Waals surface area contributed by atoms with Gasteiger partial charge in [-0.15, -0.1) is 11.3 Å². The van der Waals surface area contributed by atoms with E-state index in [1.165, 1.54) is 5.56 Å². The lowest BCUT2D eigenvalue weighted by atomic mass is 9.97. The summed E-state index contributed by atoms with van der Waals surface area (Å²) in [7, 11) is 0. The van der Waals surface area contributed by atoms with E-state index in [9.17, 15) is 0 Å². The second kappa shape index (κ2) is 4.88. The van der Waals surface area contributed by atoms with Crippen molar-refractivity contribution in [2.75, 3.05) is 11.9 Å². The Bertz CT molecular complexity index is 468. The van der Waals surface area contributed by atoms with Crippen molar-refractivity contribution in [2.45, 2.75) is 20.8 Å². The molecular formula is C14H18N2S. The Labute approximate surface area is 107 Å². The van der Waals surface area contributed by atoms with Crippen molar-refractivity contribution in [1.29, 1.82) is 0 Å². The molecule has 2 rings (SSSR count). The zero-order valence-corrected chi connectivity index (χ0v) is 11.3. The lowest BCUT2D eigenvalue weighted by molar-refractivity contribution is 0.443. The van der Waals surface area contributed by atoms with Crippen LogP contribution in [-0.2, 0) is 0 Å². The molecule has 0 saturated carbocycles. The summed E-state index contributed by atoms with van der Waals surface area (Å²) in [6.07, 6.45) is 0. The van der Waals surface area contributed by atoms with Gasteiger partial charge in [-0.25, -0.2) is 4.98 Å². The second-order valence-corrected chi connectivity index (χ2v) is 6.18. The smallest absolute Gasteiger partial charge is 0.183 e. The minimum atomic E-state index is 0.276. The number of benzene rings is 1. The first-order chi connectivity index (χ1) is 8.04. The Hall–Kier alpha value is -1.35. The number of rotatable bonds is 3. The maximum absolute atomic E-state index is 4.59. The third kappa shape index (κ3) is 3.56. The van der Waals surface area contributed by atoms with Crippen LogP contribution in [0.1, 0.15) is 20.8 Å². The normalized spacial score (nSPS) is 11.5. The maximum atomic E-state index is 4.59. The molecule has 90 valence electrons. The van der Waals surface area contributed by atoms with E-state index in [4.69, 9.17) is 0 Å². The van der Waals surface area contributed by atoms with E-state index in [0.717, 1.165) is 17.4 Å². The Morgan fingerprint density at radius 3 is 2.53 bits per heavy atom. The summed E-state index contributed by atoms with van der Waals surface area (Å²) >= 11 is 1.66. The molecule has 0 aliphatic carbocycles. The minimum Gasteiger partial charge on any atom is -0.361 e. The molecule has 0 bridgehead atoms. The van der Waals surface area contributed by atoms with E-state index in [1.807, 2.05) is 18.2 Å². The number of nitrogens with zero attached hydrogens (tertiary/aromatic N) is 1. The van der Waals surface area contributed by atoms with Crippen LogP contribution in [0.2, 0.25) is 0 Å². The van der Waals surface area contributed by atoms with Crippen molar-refractivity contribution in [2.24, 2.45) is 5.41 Å². The topological polar surface area (TPSA) is 24.9 Å². The van der Waals surface area contributed by atoms with E-state index in [0.29, 0.717) is 0 Å². The molecule has 0 atom stereocenters. The van der Waals surface area contributed by atoms with E-state index in [-0.39, 0.29) is 5.41 Å². The number of thiazole rings is 1. The highest BCUT2D eigenvalue weighted by atomic mass is 32.1. The lowest BCUT2D eigenvalue weighted by Crippen LogP contribution is -2.18. The standard InChI is InChI=1S/C14H18N2S/c1-14(2,3)10-15-13-16-12(9-17-13)11-7-5-4-6-8-11/h4-9H,10H2,1-3H3,(H,15,16). The molecule has 0 radical (unpaired) electrons. The summed E-state index contributed by atoms with van der Waals surface area (Å²) in [5, 5.41) is 6.48. The summed E-state index contributed by atoms with van der Waals surface area (Å²) in [5.41, 5.74) is 2.50. The highest BCUT2D eigenvalue weighted by Crippen LogP contribution is 2.25. The Morgan fingerprint density at radius 2 is 1.88 bits per heavy atom. The van der Waals surface area contributed by atoms with Crippen LogP contribution in [0.4, 0.5) is 5.13 Å². The maximum Gasteiger partial charge on any atom is 0.183 e. The minimum absolute atomic E-state index is 0.276. The fourth-order valence-electron chi connectivity index (χ4n) is 1.44. The zero-order valence-electron chi connectivity index (χ0n) is 10.5. The van der Waals surface area contributed by atoms with Crippen molar-refractivity contribution in [3.05, 3.63) is 35.7 Å². The van der Waals surface area contributed by atoms with Gasteiger partial charge in [0.05, 0.1) is 5.69 Å². The van der Waals surface area contributed by atoms with Crippen LogP contribution in [0.5, 0.6) is 0 Å². The first-order valence-electron chi connectivity index (χ1n) is 5.79. The molecule has 3 heteroatoms. The average molecular weight is 246 g/mol. The Morgan fingerprint density at radius 1 is 1.18 bits per heavy atom. The molecule has 0 fully saturated rings. The number of hydrogen-bond donors (Lipinski definition) is 1. The Kier molecular flexibility index (Phi) is 3.48. The molecule has 2 nitrogen and oxygen atoms in total. The molecule has 0 aliphatic heterocycles. The number of anilines is 1. The summed E-state index contributed by atoms with van der Waals surface area (Å²) < 4.78 is 0. The number of hydrogen-bond acceptors (Lipinski definition) is 3. The third-order valence-electron chi connectivity index (χ3n) is 2.34. The highest BCUT2D eigenvalue weighted by Gasteiger charge is 2.11. The van der Waals surface area contributed by atoms with Crippen molar-refractivity contribution in [1.82, 2.24) is 4.98 Å². The van der Waals surface area contributed by atoms with E-state index < -0.39 is 0 Å². The summed E-state index contributed by atoms with van der Waals surface area (Å²) in [5.74, 6) is 0. The van der Waals surface area contributed by atoms with Crippen molar-refractivity contribution < 1.29 is 0 Å². The SMILES string of the molecule is CC(C)(C)CNc1nc(-c2ccccc2)cs1. The van der Waals surface area contributed by atoms with Crippen LogP contribution in [-0.4, -0.2) is 11.5 Å². The molecule has 2 aromatic rings. The zero-order chi connectivity index (χ0) is 12.3. The highest BCUT2D eigenvalue weighted by molar-refractivity contribution is 7.14. The van der Waals surface area contributed by atoms with Crippen LogP contribution in [0.25, 0.3) is 11.3 Å². The van der Waals surface area contributed by atoms with Crippen molar-refractivity contribution >= 4 is 16.5 Å². The van der Waals surface area contributed by atoms with Gasteiger partial charge in [-0.2, -0.15) is 0 Å². The van der Waals surface area contributed by atoms with Gasteiger partial charge in [-0.3, -0.25) is 0 Å². The molecule has 0 amide bonds. The molecule has 1 aromatic carbocycles. The van der Waals surface area contributed by atoms with Crippen LogP contribution in [0.3, 0.4) is 0 Å². The van der Waals surface area contributed by atoms with Crippen LogP contribution < -0.4 is 5.32 Å². The predicted octanol–water partition coefficient (Wildman–Crippen LogP) is 4.27. The molecule has 1 aromatic heterocycles. The van der Waals surface area contributed by atoms with Crippen LogP contribution in [0.15, 0.2) is 35.7 Å². The van der Waals surface area contributed by atoms with Crippen molar-refractivity contribution in [3.63, 3.8) is 0 Å². The van der Waals surface area contributed by atoms with Crippen molar-refractivity contribution in [3.8, 4) is 11.3 Å². The van der Waals surface area contributed by atoms with Crippen LogP contribution in [0, 0.1) is 5.41 Å². The molecule has 1 N–H and O–H groups in total. The monoisotopic (exact) mass is 246 g/mol. The fraction of sp³-hybridized carbons (Fsp3) is 0.357. The summed E-state index contributed by atoms with van der Waals surface area (Å²) in [6.45, 7) is 7.58. The van der Waals surface area contributed by atoms with Crippen LogP contribution >= 0.6 is 11.3 Å². The predicted molar refractivity (Wildman–Crippen MR) is 75.5 cm³/mol. The first kappa shape index (κ1) is 12.1. The van der Waals surface area contributed by atoms with Gasteiger partial charge < -0.3 is 5.32 Å². The third-order valence-corrected chi connectivity index (χ3v) is 3.14. The molecule has 1 heterocycles. The van der Waals surface area contributed by atoms with E-state index in [1.54, 1.807) is 11.3 Å². The largest absolute Gasteiger partial charge is 0.361 e. The van der Waals surface area contributed by atoms with Gasteiger partial charge in [0.2, 0.25) is 0 Å². The van der Waals surface area contributed by atoms with Gasteiger partial charge in [0.1, 0.15) is 0 Å². The van der Waals surface area contributed by atoms with E-state index in [2.05, 4.69) is 48.6 Å². The van der Waals surface area contributed by atoms with Gasteiger partial charge in [-0.05, 0) is 5.41 Å². The lowest BCUT2D eigenvalue weighted by Gasteiger charge is -2.17. The molecular weight excluding hydrogens is 228 g/mol. The summed E-state index contributed by atoms with van der Waals surface area (Å²) in [4.78, 5) is 4.59. The molecule has 0 spiro atoms. The second-order valence-electron chi connectivity index (χ2n) is 5.32. The van der Waals surface area contributed by atoms with Gasteiger partial charge in [0, 0.05) is 17.5 Å².